The Labute approximate surface area is 126 Å². The van der Waals surface area contributed by atoms with Crippen molar-refractivity contribution in [2.45, 2.75) is 0 Å². The Morgan fingerprint density at radius 1 is 1.33 bits per heavy atom. The van der Waals surface area contributed by atoms with Crippen LogP contribution in [0.15, 0.2) is 42.5 Å². The van der Waals surface area contributed by atoms with Crippen LogP contribution in [0.1, 0.15) is 5.56 Å². The van der Waals surface area contributed by atoms with Crippen molar-refractivity contribution in [1.82, 2.24) is 0 Å². The molecule has 0 aliphatic carbocycles. The van der Waals surface area contributed by atoms with E-state index in [1.807, 2.05) is 6.07 Å². The molecule has 0 aromatic heterocycles. The van der Waals surface area contributed by atoms with E-state index in [1.165, 1.54) is 6.07 Å². The number of carbonyl (C=O) groups excluding carboxylic acids is 1. The van der Waals surface area contributed by atoms with E-state index in [0.29, 0.717) is 27.7 Å². The molecule has 0 aliphatic rings. The van der Waals surface area contributed by atoms with E-state index in [4.69, 9.17) is 27.3 Å². The minimum atomic E-state index is -0.344. The van der Waals surface area contributed by atoms with Crippen molar-refractivity contribution in [3.8, 4) is 11.8 Å². The maximum atomic E-state index is 11.8. The van der Waals surface area contributed by atoms with Gasteiger partial charge in [-0.3, -0.25) is 4.79 Å². The molecule has 2 aromatic rings. The molecule has 5 nitrogen and oxygen atoms in total. The number of ether oxygens (including phenoxy) is 1. The van der Waals surface area contributed by atoms with Crippen molar-refractivity contribution in [2.24, 2.45) is 0 Å². The summed E-state index contributed by atoms with van der Waals surface area (Å²) in [5.74, 6) is 0.169. The zero-order valence-electron chi connectivity index (χ0n) is 11.0. The van der Waals surface area contributed by atoms with Crippen molar-refractivity contribution < 1.29 is 9.53 Å². The maximum Gasteiger partial charge on any atom is 0.262 e. The third kappa shape index (κ3) is 4.13. The average molecular weight is 302 g/mol. The van der Waals surface area contributed by atoms with Gasteiger partial charge in [-0.05, 0) is 30.3 Å². The van der Waals surface area contributed by atoms with Gasteiger partial charge in [-0.2, -0.15) is 5.26 Å². The Bertz CT molecular complexity index is 710. The lowest BCUT2D eigenvalue weighted by Gasteiger charge is -2.08. The summed E-state index contributed by atoms with van der Waals surface area (Å²) in [4.78, 5) is 11.8. The highest BCUT2D eigenvalue weighted by Gasteiger charge is 2.06. The van der Waals surface area contributed by atoms with Gasteiger partial charge in [0, 0.05) is 17.4 Å². The number of amides is 1. The van der Waals surface area contributed by atoms with Gasteiger partial charge in [0.15, 0.2) is 6.61 Å². The number of nitrogens with one attached hydrogen (secondary N) is 1. The molecule has 2 rings (SSSR count). The number of carbonyl (C=O) groups is 1. The van der Waals surface area contributed by atoms with E-state index in [2.05, 4.69) is 5.32 Å². The fourth-order valence-electron chi connectivity index (χ4n) is 1.64. The fraction of sp³-hybridized carbons (Fsp3) is 0.0667. The minimum Gasteiger partial charge on any atom is -0.484 e. The summed E-state index contributed by atoms with van der Waals surface area (Å²) in [5, 5.41) is 11.8. The topological polar surface area (TPSA) is 88.1 Å². The molecule has 2 aromatic carbocycles. The Morgan fingerprint density at radius 3 is 2.86 bits per heavy atom. The number of anilines is 2. The first-order chi connectivity index (χ1) is 10.1. The van der Waals surface area contributed by atoms with E-state index in [0.717, 1.165) is 0 Å². The van der Waals surface area contributed by atoms with Crippen molar-refractivity contribution in [2.75, 3.05) is 17.7 Å². The van der Waals surface area contributed by atoms with Crippen LogP contribution in [0.3, 0.4) is 0 Å². The Morgan fingerprint density at radius 2 is 2.14 bits per heavy atom. The van der Waals surface area contributed by atoms with Crippen LogP contribution < -0.4 is 15.8 Å². The number of rotatable bonds is 4. The highest BCUT2D eigenvalue weighted by atomic mass is 35.5. The van der Waals surface area contributed by atoms with Crippen LogP contribution in [0.4, 0.5) is 11.4 Å². The number of halogens is 1. The number of nitrogens with zero attached hydrogens (tertiary/aromatic N) is 1. The van der Waals surface area contributed by atoms with Crippen molar-refractivity contribution >= 4 is 28.9 Å². The third-order valence-corrected chi connectivity index (χ3v) is 2.93. The first-order valence-electron chi connectivity index (χ1n) is 6.06. The molecule has 106 valence electrons. The number of benzene rings is 2. The molecular formula is C15H12ClN3O2. The first kappa shape index (κ1) is 14.7. The SMILES string of the molecule is N#Cc1cc(NC(=O)COc2cccc(N)c2)ccc1Cl. The van der Waals surface area contributed by atoms with Gasteiger partial charge in [-0.15, -0.1) is 0 Å². The zero-order valence-corrected chi connectivity index (χ0v) is 11.7. The van der Waals surface area contributed by atoms with Gasteiger partial charge in [0.1, 0.15) is 11.8 Å². The van der Waals surface area contributed by atoms with Crippen molar-refractivity contribution in [1.29, 1.82) is 5.26 Å². The molecule has 0 unspecified atom stereocenters. The molecule has 0 bridgehead atoms. The molecule has 0 saturated carbocycles. The summed E-state index contributed by atoms with van der Waals surface area (Å²) >= 11 is 5.82. The minimum absolute atomic E-state index is 0.159. The molecule has 0 heterocycles. The monoisotopic (exact) mass is 301 g/mol. The molecule has 0 fully saturated rings. The quantitative estimate of drug-likeness (QED) is 0.850. The summed E-state index contributed by atoms with van der Waals surface area (Å²) in [6.07, 6.45) is 0. The van der Waals surface area contributed by atoms with E-state index in [9.17, 15) is 4.79 Å². The standard InChI is InChI=1S/C15H12ClN3O2/c16-14-5-4-12(6-10(14)8-17)19-15(20)9-21-13-3-1-2-11(18)7-13/h1-7H,9,18H2,(H,19,20). The summed E-state index contributed by atoms with van der Waals surface area (Å²) in [6, 6.07) is 13.4. The van der Waals surface area contributed by atoms with E-state index >= 15 is 0 Å². The van der Waals surface area contributed by atoms with Gasteiger partial charge in [-0.25, -0.2) is 0 Å². The lowest BCUT2D eigenvalue weighted by molar-refractivity contribution is -0.118. The van der Waals surface area contributed by atoms with Crippen LogP contribution in [0.25, 0.3) is 0 Å². The molecule has 6 heteroatoms. The van der Waals surface area contributed by atoms with E-state index in [-0.39, 0.29) is 12.5 Å². The van der Waals surface area contributed by atoms with Gasteiger partial charge in [-0.1, -0.05) is 17.7 Å². The van der Waals surface area contributed by atoms with Crippen LogP contribution in [0.5, 0.6) is 5.75 Å². The molecule has 0 spiro atoms. The number of nitrogens with two attached hydrogens (primary N) is 1. The Hall–Kier alpha value is -2.71. The lowest BCUT2D eigenvalue weighted by Crippen LogP contribution is -2.20. The van der Waals surface area contributed by atoms with Crippen molar-refractivity contribution in [3.63, 3.8) is 0 Å². The highest BCUT2D eigenvalue weighted by Crippen LogP contribution is 2.19. The predicted molar refractivity (Wildman–Crippen MR) is 81.1 cm³/mol. The average Bonchev–Trinajstić information content (AvgIpc) is 2.47. The first-order valence-corrected chi connectivity index (χ1v) is 6.44. The third-order valence-electron chi connectivity index (χ3n) is 2.60. The van der Waals surface area contributed by atoms with Gasteiger partial charge in [0.25, 0.3) is 5.91 Å². The molecule has 1 amide bonds. The largest absolute Gasteiger partial charge is 0.484 e. The van der Waals surface area contributed by atoms with E-state index in [1.54, 1.807) is 36.4 Å². The predicted octanol–water partition coefficient (Wildman–Crippen LogP) is 2.81. The normalized spacial score (nSPS) is 9.71. The van der Waals surface area contributed by atoms with Crippen LogP contribution in [0.2, 0.25) is 5.02 Å². The second-order valence-corrected chi connectivity index (χ2v) is 4.62. The highest BCUT2D eigenvalue weighted by molar-refractivity contribution is 6.31. The molecular weight excluding hydrogens is 290 g/mol. The molecule has 21 heavy (non-hydrogen) atoms. The van der Waals surface area contributed by atoms with Crippen LogP contribution in [0, 0.1) is 11.3 Å². The molecule has 0 saturated heterocycles. The second-order valence-electron chi connectivity index (χ2n) is 4.22. The smallest absolute Gasteiger partial charge is 0.262 e. The Balaban J connectivity index is 1.95. The van der Waals surface area contributed by atoms with Gasteiger partial charge in [0.2, 0.25) is 0 Å². The van der Waals surface area contributed by atoms with Crippen LogP contribution >= 0.6 is 11.6 Å². The van der Waals surface area contributed by atoms with Crippen molar-refractivity contribution in [3.05, 3.63) is 53.1 Å². The molecule has 3 N–H and O–H groups in total. The molecule has 0 aliphatic heterocycles. The summed E-state index contributed by atoms with van der Waals surface area (Å²) in [6.45, 7) is -0.159. The molecule has 0 radical (unpaired) electrons. The Kier molecular flexibility index (Phi) is 4.64. The second kappa shape index (κ2) is 6.64. The maximum absolute atomic E-state index is 11.8. The number of nitrogen functional groups attached to an aromatic ring is 1. The lowest BCUT2D eigenvalue weighted by atomic mass is 10.2. The van der Waals surface area contributed by atoms with Crippen LogP contribution in [-0.4, -0.2) is 12.5 Å². The summed E-state index contributed by atoms with van der Waals surface area (Å²) in [7, 11) is 0. The fourth-order valence-corrected chi connectivity index (χ4v) is 1.80. The van der Waals surface area contributed by atoms with Crippen LogP contribution in [-0.2, 0) is 4.79 Å². The summed E-state index contributed by atoms with van der Waals surface area (Å²) < 4.78 is 5.32. The van der Waals surface area contributed by atoms with Gasteiger partial charge >= 0.3 is 0 Å². The number of hydrogen-bond acceptors (Lipinski definition) is 4. The number of nitriles is 1. The zero-order chi connectivity index (χ0) is 15.2. The number of hydrogen-bond donors (Lipinski definition) is 2. The van der Waals surface area contributed by atoms with Gasteiger partial charge in [0.05, 0.1) is 10.6 Å². The van der Waals surface area contributed by atoms with E-state index < -0.39 is 0 Å². The molecule has 0 atom stereocenters. The summed E-state index contributed by atoms with van der Waals surface area (Å²) in [5.41, 5.74) is 6.95. The van der Waals surface area contributed by atoms with Gasteiger partial charge < -0.3 is 15.8 Å².